The molecule has 0 bridgehead atoms. The number of aromatic nitrogens is 1. The predicted molar refractivity (Wildman–Crippen MR) is 145 cm³/mol. The van der Waals surface area contributed by atoms with Crippen LogP contribution in [0, 0.1) is 5.92 Å². The number of nitrogens with zero attached hydrogens (tertiary/aromatic N) is 4. The number of piperazine rings is 1. The van der Waals surface area contributed by atoms with Gasteiger partial charge in [0.15, 0.2) is 0 Å². The van der Waals surface area contributed by atoms with Crippen molar-refractivity contribution in [2.75, 3.05) is 64.3 Å². The van der Waals surface area contributed by atoms with Crippen molar-refractivity contribution in [2.24, 2.45) is 5.92 Å². The number of hydrogen-bond acceptors (Lipinski definition) is 4. The van der Waals surface area contributed by atoms with E-state index in [0.29, 0.717) is 0 Å². The van der Waals surface area contributed by atoms with Crippen LogP contribution in [-0.2, 0) is 4.79 Å². The van der Waals surface area contributed by atoms with Crippen LogP contribution in [0.5, 0.6) is 0 Å². The highest BCUT2D eigenvalue weighted by Crippen LogP contribution is 2.19. The Balaban J connectivity index is 0.00000181. The van der Waals surface area contributed by atoms with Gasteiger partial charge in [0.1, 0.15) is 0 Å². The van der Waals surface area contributed by atoms with Gasteiger partial charge in [-0.1, -0.05) is 31.5 Å². The summed E-state index contributed by atoms with van der Waals surface area (Å²) in [7, 11) is 0. The van der Waals surface area contributed by atoms with Crippen LogP contribution in [0.2, 0.25) is 0 Å². The Morgan fingerprint density at radius 1 is 0.909 bits per heavy atom. The Bertz CT molecular complexity index is 825. The molecule has 2 saturated heterocycles. The standard InChI is InChI=1S/C24H37N5O.3ClH/c1-2-3-11-26-14-16-27(17-15-26)18-19-28-12-6-8-22(20-28)24(30)25-29-13-10-21-7-4-5-9-23(21)29;;;/h4-5,7,9-10,13,22H,2-3,6,8,11-12,14-20H2,1H3,(H,25,30);3*1H. The Labute approximate surface area is 217 Å². The summed E-state index contributed by atoms with van der Waals surface area (Å²) in [6.45, 7) is 12.5. The van der Waals surface area contributed by atoms with Crippen LogP contribution in [0.25, 0.3) is 10.9 Å². The number of amides is 1. The molecule has 3 heterocycles. The second-order valence-corrected chi connectivity index (χ2v) is 8.90. The molecular weight excluding hydrogens is 481 g/mol. The van der Waals surface area contributed by atoms with Gasteiger partial charge in [-0.2, -0.15) is 0 Å². The summed E-state index contributed by atoms with van der Waals surface area (Å²) < 4.78 is 1.87. The van der Waals surface area contributed by atoms with Gasteiger partial charge in [0, 0.05) is 57.4 Å². The number of carbonyl (C=O) groups excluding carboxylic acids is 1. The largest absolute Gasteiger partial charge is 0.301 e. The number of hydrogen-bond donors (Lipinski definition) is 1. The Hall–Kier alpha value is -1.02. The lowest BCUT2D eigenvalue weighted by Gasteiger charge is -2.37. The molecule has 2 aliphatic rings. The van der Waals surface area contributed by atoms with Crippen molar-refractivity contribution in [3.05, 3.63) is 36.5 Å². The van der Waals surface area contributed by atoms with Crippen molar-refractivity contribution in [1.82, 2.24) is 19.4 Å². The SMILES string of the molecule is CCCCN1CCN(CCN2CCCC(C(=O)Nn3ccc4ccccc43)C2)CC1.Cl.Cl.Cl. The number of piperidine rings is 1. The molecule has 1 atom stereocenters. The first kappa shape index (κ1) is 30.0. The van der Waals surface area contributed by atoms with Gasteiger partial charge >= 0.3 is 0 Å². The van der Waals surface area contributed by atoms with E-state index in [2.05, 4.69) is 33.1 Å². The van der Waals surface area contributed by atoms with E-state index in [4.69, 9.17) is 0 Å². The zero-order valence-corrected chi connectivity index (χ0v) is 22.1. The average Bonchev–Trinajstić information content (AvgIpc) is 3.20. The third-order valence-electron chi connectivity index (χ3n) is 6.73. The molecule has 0 radical (unpaired) electrons. The molecular formula is C24H40Cl3N5O. The van der Waals surface area contributed by atoms with E-state index in [1.807, 2.05) is 35.1 Å². The molecule has 1 unspecified atom stereocenters. The maximum absolute atomic E-state index is 12.9. The number of nitrogens with one attached hydrogen (secondary N) is 1. The van der Waals surface area contributed by atoms with Crippen LogP contribution in [0.15, 0.2) is 36.5 Å². The summed E-state index contributed by atoms with van der Waals surface area (Å²) in [6.07, 6.45) is 6.64. The lowest BCUT2D eigenvalue weighted by atomic mass is 9.97. The quantitative estimate of drug-likeness (QED) is 0.569. The molecule has 6 nitrogen and oxygen atoms in total. The summed E-state index contributed by atoms with van der Waals surface area (Å²) in [5, 5.41) is 1.15. The number of carbonyl (C=O) groups is 1. The van der Waals surface area contributed by atoms with Crippen LogP contribution in [0.4, 0.5) is 0 Å². The van der Waals surface area contributed by atoms with Crippen molar-refractivity contribution in [1.29, 1.82) is 0 Å². The van der Waals surface area contributed by atoms with Gasteiger partial charge in [0.25, 0.3) is 0 Å². The first-order valence-corrected chi connectivity index (χ1v) is 11.8. The Morgan fingerprint density at radius 2 is 1.58 bits per heavy atom. The van der Waals surface area contributed by atoms with Gasteiger partial charge < -0.3 is 9.80 Å². The Kier molecular flexibility index (Phi) is 13.7. The zero-order chi connectivity index (χ0) is 20.8. The number of likely N-dealkylation sites (tertiary alicyclic amines) is 1. The number of para-hydroxylation sites is 1. The summed E-state index contributed by atoms with van der Waals surface area (Å²) in [6, 6.07) is 10.2. The highest BCUT2D eigenvalue weighted by molar-refractivity contribution is 5.89. The molecule has 33 heavy (non-hydrogen) atoms. The summed E-state index contributed by atoms with van der Waals surface area (Å²) in [5.74, 6) is 0.219. The molecule has 0 spiro atoms. The summed E-state index contributed by atoms with van der Waals surface area (Å²) in [4.78, 5) is 20.6. The van der Waals surface area contributed by atoms with Crippen molar-refractivity contribution in [3.8, 4) is 0 Å². The second-order valence-electron chi connectivity index (χ2n) is 8.90. The first-order chi connectivity index (χ1) is 14.7. The molecule has 0 saturated carbocycles. The highest BCUT2D eigenvalue weighted by Gasteiger charge is 2.26. The van der Waals surface area contributed by atoms with E-state index in [-0.39, 0.29) is 49.0 Å². The van der Waals surface area contributed by atoms with Gasteiger partial charge in [-0.3, -0.25) is 19.8 Å². The minimum atomic E-state index is 0. The third kappa shape index (κ3) is 8.30. The molecule has 188 valence electrons. The lowest BCUT2D eigenvalue weighted by Crippen LogP contribution is -2.50. The third-order valence-corrected chi connectivity index (χ3v) is 6.73. The van der Waals surface area contributed by atoms with Crippen LogP contribution < -0.4 is 5.43 Å². The topological polar surface area (TPSA) is 43.8 Å². The first-order valence-electron chi connectivity index (χ1n) is 11.8. The molecule has 2 aliphatic heterocycles. The zero-order valence-electron chi connectivity index (χ0n) is 19.7. The molecule has 1 aromatic heterocycles. The summed E-state index contributed by atoms with van der Waals surface area (Å²) >= 11 is 0. The molecule has 9 heteroatoms. The molecule has 1 aromatic carbocycles. The van der Waals surface area contributed by atoms with Crippen molar-refractivity contribution < 1.29 is 4.79 Å². The number of rotatable bonds is 8. The van der Waals surface area contributed by atoms with Crippen molar-refractivity contribution >= 4 is 54.0 Å². The van der Waals surface area contributed by atoms with E-state index in [0.717, 1.165) is 49.9 Å². The van der Waals surface area contributed by atoms with E-state index >= 15 is 0 Å². The van der Waals surface area contributed by atoms with Crippen LogP contribution >= 0.6 is 37.2 Å². The summed E-state index contributed by atoms with van der Waals surface area (Å²) in [5.41, 5.74) is 4.17. The monoisotopic (exact) mass is 519 g/mol. The fraction of sp³-hybridized carbons (Fsp3) is 0.625. The van der Waals surface area contributed by atoms with Crippen LogP contribution in [0.3, 0.4) is 0 Å². The maximum Gasteiger partial charge on any atom is 0.243 e. The molecule has 2 aromatic rings. The molecule has 1 amide bonds. The lowest BCUT2D eigenvalue weighted by molar-refractivity contribution is -0.122. The van der Waals surface area contributed by atoms with Gasteiger partial charge in [-0.05, 0) is 44.5 Å². The number of unbranched alkanes of at least 4 members (excludes halogenated alkanes) is 1. The molecule has 0 aliphatic carbocycles. The number of halogens is 3. The number of benzene rings is 1. The van der Waals surface area contributed by atoms with Crippen LogP contribution in [-0.4, -0.2) is 84.2 Å². The van der Waals surface area contributed by atoms with E-state index in [9.17, 15) is 4.79 Å². The molecule has 1 N–H and O–H groups in total. The van der Waals surface area contributed by atoms with Gasteiger partial charge in [0.05, 0.1) is 11.4 Å². The minimum absolute atomic E-state index is 0. The molecule has 4 rings (SSSR count). The highest BCUT2D eigenvalue weighted by atomic mass is 35.5. The van der Waals surface area contributed by atoms with Gasteiger partial charge in [-0.15, -0.1) is 37.2 Å². The number of fused-ring (bicyclic) bond motifs is 1. The smallest absolute Gasteiger partial charge is 0.243 e. The average molecular weight is 521 g/mol. The second kappa shape index (κ2) is 15.1. The van der Waals surface area contributed by atoms with Gasteiger partial charge in [-0.25, -0.2) is 0 Å². The van der Waals surface area contributed by atoms with E-state index in [1.54, 1.807) is 0 Å². The van der Waals surface area contributed by atoms with E-state index in [1.165, 1.54) is 45.6 Å². The van der Waals surface area contributed by atoms with Crippen molar-refractivity contribution in [3.63, 3.8) is 0 Å². The fourth-order valence-electron chi connectivity index (χ4n) is 4.76. The Morgan fingerprint density at radius 3 is 2.30 bits per heavy atom. The minimum Gasteiger partial charge on any atom is -0.301 e. The fourth-order valence-corrected chi connectivity index (χ4v) is 4.76. The van der Waals surface area contributed by atoms with E-state index < -0.39 is 0 Å². The normalized spacial score (nSPS) is 19.8. The van der Waals surface area contributed by atoms with Crippen molar-refractivity contribution in [2.45, 2.75) is 32.6 Å². The predicted octanol–water partition coefficient (Wildman–Crippen LogP) is 4.11. The van der Waals surface area contributed by atoms with Crippen LogP contribution in [0.1, 0.15) is 32.6 Å². The van der Waals surface area contributed by atoms with Gasteiger partial charge in [0.2, 0.25) is 5.91 Å². The molecule has 2 fully saturated rings. The maximum atomic E-state index is 12.9.